The smallest absolute Gasteiger partial charge is 0.251 e. The number of carbonyl (C=O) groups excluding carboxylic acids is 1. The van der Waals surface area contributed by atoms with Gasteiger partial charge in [0.05, 0.1) is 4.90 Å². The van der Waals surface area contributed by atoms with E-state index < -0.39 is 10.0 Å². The molecule has 1 atom stereocenters. The molecular formula is C20H32ClN3O3S. The van der Waals surface area contributed by atoms with Crippen molar-refractivity contribution in [2.75, 3.05) is 19.6 Å². The Bertz CT molecular complexity index is 745. The van der Waals surface area contributed by atoms with Crippen molar-refractivity contribution in [3.8, 4) is 0 Å². The van der Waals surface area contributed by atoms with Gasteiger partial charge in [0.15, 0.2) is 0 Å². The molecule has 0 aromatic heterocycles. The van der Waals surface area contributed by atoms with E-state index in [4.69, 9.17) is 5.73 Å². The van der Waals surface area contributed by atoms with Gasteiger partial charge in [0.2, 0.25) is 10.0 Å². The van der Waals surface area contributed by atoms with E-state index in [9.17, 15) is 13.2 Å². The Balaban J connectivity index is 0.00000280. The van der Waals surface area contributed by atoms with Crippen LogP contribution in [0.25, 0.3) is 0 Å². The van der Waals surface area contributed by atoms with Gasteiger partial charge in [-0.3, -0.25) is 4.79 Å². The molecule has 8 heteroatoms. The number of hydrogen-bond donors (Lipinski definition) is 2. The number of rotatable bonds is 6. The monoisotopic (exact) mass is 429 g/mol. The quantitative estimate of drug-likeness (QED) is 0.727. The Morgan fingerprint density at radius 1 is 1.11 bits per heavy atom. The number of nitrogens with zero attached hydrogens (tertiary/aromatic N) is 1. The Kier molecular flexibility index (Phi) is 8.74. The van der Waals surface area contributed by atoms with E-state index in [2.05, 4.69) is 5.32 Å². The molecule has 2 aliphatic rings. The van der Waals surface area contributed by atoms with Crippen molar-refractivity contribution >= 4 is 28.3 Å². The molecule has 1 saturated heterocycles. The summed E-state index contributed by atoms with van der Waals surface area (Å²) in [6, 6.07) is 6.32. The van der Waals surface area contributed by atoms with Crippen LogP contribution in [0.2, 0.25) is 0 Å². The second kappa shape index (κ2) is 10.6. The van der Waals surface area contributed by atoms with Crippen molar-refractivity contribution in [1.29, 1.82) is 0 Å². The average molecular weight is 430 g/mol. The molecule has 158 valence electrons. The van der Waals surface area contributed by atoms with Crippen molar-refractivity contribution in [2.24, 2.45) is 11.7 Å². The van der Waals surface area contributed by atoms with E-state index in [1.54, 1.807) is 18.2 Å². The van der Waals surface area contributed by atoms with Crippen LogP contribution in [0.1, 0.15) is 61.7 Å². The largest absolute Gasteiger partial charge is 0.348 e. The maximum absolute atomic E-state index is 12.9. The summed E-state index contributed by atoms with van der Waals surface area (Å²) in [5.74, 6) is 0.166. The first-order valence-electron chi connectivity index (χ1n) is 10.1. The second-order valence-corrected chi connectivity index (χ2v) is 9.64. The van der Waals surface area contributed by atoms with Crippen molar-refractivity contribution in [3.63, 3.8) is 0 Å². The van der Waals surface area contributed by atoms with Crippen LogP contribution < -0.4 is 11.1 Å². The molecule has 0 spiro atoms. The summed E-state index contributed by atoms with van der Waals surface area (Å²) in [6.07, 6.45) is 8.63. The zero-order chi connectivity index (χ0) is 19.3. The van der Waals surface area contributed by atoms with E-state index in [1.165, 1.54) is 29.6 Å². The van der Waals surface area contributed by atoms with Crippen molar-refractivity contribution in [2.45, 2.75) is 62.3 Å². The standard InChI is InChI=1S/C20H31N3O3S.ClH/c21-15-19(16-8-3-1-4-9-16)22-20(24)17-10-7-11-18(14-17)27(25,26)23-12-5-2-6-13-23;/h7,10-11,14,16,19H,1-6,8-9,12-13,15,21H2,(H,22,24);1H. The number of nitrogens with two attached hydrogens (primary N) is 1. The van der Waals surface area contributed by atoms with Crippen molar-refractivity contribution in [1.82, 2.24) is 9.62 Å². The van der Waals surface area contributed by atoms with E-state index in [1.807, 2.05) is 0 Å². The minimum atomic E-state index is -3.54. The third-order valence-corrected chi connectivity index (χ3v) is 7.73. The molecule has 2 fully saturated rings. The number of hydrogen-bond acceptors (Lipinski definition) is 4. The number of sulfonamides is 1. The minimum absolute atomic E-state index is 0. The highest BCUT2D eigenvalue weighted by Crippen LogP contribution is 2.26. The summed E-state index contributed by atoms with van der Waals surface area (Å²) < 4.78 is 27.2. The van der Waals surface area contributed by atoms with Gasteiger partial charge in [-0.05, 0) is 49.8 Å². The fourth-order valence-electron chi connectivity index (χ4n) is 4.21. The molecule has 6 nitrogen and oxygen atoms in total. The Morgan fingerprint density at radius 2 is 1.75 bits per heavy atom. The number of nitrogens with one attached hydrogen (secondary N) is 1. The molecule has 1 saturated carbocycles. The molecular weight excluding hydrogens is 398 g/mol. The maximum Gasteiger partial charge on any atom is 0.251 e. The third kappa shape index (κ3) is 5.47. The lowest BCUT2D eigenvalue weighted by atomic mass is 9.84. The summed E-state index contributed by atoms with van der Waals surface area (Å²) >= 11 is 0. The van der Waals surface area contributed by atoms with E-state index in [0.717, 1.165) is 32.1 Å². The van der Waals surface area contributed by atoms with Crippen LogP contribution >= 0.6 is 12.4 Å². The summed E-state index contributed by atoms with van der Waals surface area (Å²) in [7, 11) is -3.54. The van der Waals surface area contributed by atoms with E-state index in [-0.39, 0.29) is 29.3 Å². The van der Waals surface area contributed by atoms with Crippen LogP contribution in [-0.2, 0) is 10.0 Å². The number of piperidine rings is 1. The first kappa shape index (κ1) is 23.1. The molecule has 1 amide bonds. The summed E-state index contributed by atoms with van der Waals surface area (Å²) in [5, 5.41) is 3.04. The minimum Gasteiger partial charge on any atom is -0.348 e. The van der Waals surface area contributed by atoms with E-state index >= 15 is 0 Å². The normalized spacial score (nSPS) is 20.2. The van der Waals surface area contributed by atoms with Crippen LogP contribution in [0.3, 0.4) is 0 Å². The van der Waals surface area contributed by atoms with Crippen LogP contribution in [-0.4, -0.2) is 44.3 Å². The Hall–Kier alpha value is -1.15. The summed E-state index contributed by atoms with van der Waals surface area (Å²) in [5.41, 5.74) is 6.29. The molecule has 1 unspecified atom stereocenters. The lowest BCUT2D eigenvalue weighted by Gasteiger charge is -2.30. The fraction of sp³-hybridized carbons (Fsp3) is 0.650. The Morgan fingerprint density at radius 3 is 2.39 bits per heavy atom. The summed E-state index contributed by atoms with van der Waals surface area (Å²) in [4.78, 5) is 12.9. The van der Waals surface area contributed by atoms with E-state index in [0.29, 0.717) is 31.1 Å². The average Bonchev–Trinajstić information content (AvgIpc) is 2.73. The van der Waals surface area contributed by atoms with Crippen LogP contribution in [0.15, 0.2) is 29.2 Å². The lowest BCUT2D eigenvalue weighted by Crippen LogP contribution is -2.46. The van der Waals surface area contributed by atoms with Crippen LogP contribution in [0, 0.1) is 5.92 Å². The van der Waals surface area contributed by atoms with Crippen molar-refractivity contribution < 1.29 is 13.2 Å². The van der Waals surface area contributed by atoms with Crippen molar-refractivity contribution in [3.05, 3.63) is 29.8 Å². The van der Waals surface area contributed by atoms with Gasteiger partial charge in [-0.25, -0.2) is 8.42 Å². The number of carbonyl (C=O) groups is 1. The molecule has 1 aromatic carbocycles. The molecule has 0 radical (unpaired) electrons. The molecule has 0 bridgehead atoms. The maximum atomic E-state index is 12.9. The Labute approximate surface area is 174 Å². The number of benzene rings is 1. The van der Waals surface area contributed by atoms with Gasteiger partial charge < -0.3 is 11.1 Å². The van der Waals surface area contributed by atoms with Gasteiger partial charge in [0.1, 0.15) is 0 Å². The molecule has 3 rings (SSSR count). The zero-order valence-electron chi connectivity index (χ0n) is 16.3. The lowest BCUT2D eigenvalue weighted by molar-refractivity contribution is 0.0915. The highest BCUT2D eigenvalue weighted by Gasteiger charge is 2.28. The van der Waals surface area contributed by atoms with Gasteiger partial charge in [0, 0.05) is 31.2 Å². The molecule has 1 aliphatic carbocycles. The fourth-order valence-corrected chi connectivity index (χ4v) is 5.77. The van der Waals surface area contributed by atoms with Gasteiger partial charge in [0.25, 0.3) is 5.91 Å². The predicted molar refractivity (Wildman–Crippen MR) is 113 cm³/mol. The topological polar surface area (TPSA) is 92.5 Å². The molecule has 1 heterocycles. The molecule has 3 N–H and O–H groups in total. The zero-order valence-corrected chi connectivity index (χ0v) is 17.9. The molecule has 28 heavy (non-hydrogen) atoms. The SMILES string of the molecule is Cl.NCC(NC(=O)c1cccc(S(=O)(=O)N2CCCCC2)c1)C1CCCCC1. The van der Waals surface area contributed by atoms with Crippen LogP contribution in [0.5, 0.6) is 0 Å². The molecule has 1 aromatic rings. The van der Waals surface area contributed by atoms with Gasteiger partial charge in [-0.2, -0.15) is 4.31 Å². The predicted octanol–water partition coefficient (Wildman–Crippen LogP) is 2.92. The highest BCUT2D eigenvalue weighted by atomic mass is 35.5. The highest BCUT2D eigenvalue weighted by molar-refractivity contribution is 7.89. The summed E-state index contributed by atoms with van der Waals surface area (Å²) in [6.45, 7) is 1.51. The van der Waals surface area contributed by atoms with Gasteiger partial charge in [-0.15, -0.1) is 12.4 Å². The third-order valence-electron chi connectivity index (χ3n) is 5.84. The second-order valence-electron chi connectivity index (χ2n) is 7.71. The first-order chi connectivity index (χ1) is 13.0. The molecule has 1 aliphatic heterocycles. The van der Waals surface area contributed by atoms with Gasteiger partial charge in [-0.1, -0.05) is 31.7 Å². The number of amides is 1. The number of halogens is 1. The van der Waals surface area contributed by atoms with Gasteiger partial charge >= 0.3 is 0 Å². The van der Waals surface area contributed by atoms with Crippen LogP contribution in [0.4, 0.5) is 0 Å². The first-order valence-corrected chi connectivity index (χ1v) is 11.6.